The summed E-state index contributed by atoms with van der Waals surface area (Å²) >= 11 is 0. The molecule has 0 aliphatic carbocycles. The Kier molecular flexibility index (Phi) is 14.0. The van der Waals surface area contributed by atoms with Gasteiger partial charge in [-0.15, -0.1) is 0 Å². The monoisotopic (exact) mass is 132 g/mol. The lowest BCUT2D eigenvalue weighted by Crippen LogP contribution is -1.99. The summed E-state index contributed by atoms with van der Waals surface area (Å²) in [6, 6.07) is 0. The molecule has 0 heterocycles. The van der Waals surface area contributed by atoms with Crippen LogP contribution in [0.4, 0.5) is 0 Å². The predicted molar refractivity (Wildman–Crippen MR) is 43.2 cm³/mol. The molecule has 0 saturated heterocycles. The van der Waals surface area contributed by atoms with Crippen LogP contribution in [-0.2, 0) is 0 Å². The second-order valence-electron chi connectivity index (χ2n) is 2.32. The maximum absolute atomic E-state index is 5.28. The van der Waals surface area contributed by atoms with Gasteiger partial charge >= 0.3 is 0 Å². The Hall–Kier alpha value is -0.0800. The third-order valence-corrected chi connectivity index (χ3v) is 0.986. The SMILES string of the molecule is CC(C)CCCN.CN. The van der Waals surface area contributed by atoms with E-state index >= 15 is 0 Å². The fourth-order valence-corrected chi connectivity index (χ4v) is 0.526. The maximum atomic E-state index is 5.28. The number of rotatable bonds is 3. The summed E-state index contributed by atoms with van der Waals surface area (Å²) in [5, 5.41) is 0. The van der Waals surface area contributed by atoms with Gasteiger partial charge in [0.2, 0.25) is 0 Å². The molecule has 0 aromatic carbocycles. The summed E-state index contributed by atoms with van der Waals surface area (Å²) in [6.45, 7) is 5.28. The first-order valence-corrected chi connectivity index (χ1v) is 3.55. The van der Waals surface area contributed by atoms with E-state index in [9.17, 15) is 0 Å². The normalized spacial score (nSPS) is 8.67. The molecular weight excluding hydrogens is 112 g/mol. The standard InChI is InChI=1S/C6H15N.CH5N/c1-6(2)4-3-5-7;1-2/h6H,3-5,7H2,1-2H3;2H2,1H3. The second kappa shape index (κ2) is 10.8. The zero-order valence-electron chi connectivity index (χ0n) is 6.85. The lowest BCUT2D eigenvalue weighted by molar-refractivity contribution is 0.561. The number of hydrogen-bond acceptors (Lipinski definition) is 2. The van der Waals surface area contributed by atoms with Crippen LogP contribution in [0.1, 0.15) is 26.7 Å². The first kappa shape index (κ1) is 11.7. The van der Waals surface area contributed by atoms with Gasteiger partial charge in [0.05, 0.1) is 0 Å². The minimum atomic E-state index is 0.823. The topological polar surface area (TPSA) is 52.0 Å². The zero-order chi connectivity index (χ0) is 7.70. The van der Waals surface area contributed by atoms with Crippen molar-refractivity contribution in [2.45, 2.75) is 26.7 Å². The predicted octanol–water partition coefficient (Wildman–Crippen LogP) is 0.956. The average Bonchev–Trinajstić information content (AvgIpc) is 1.88. The summed E-state index contributed by atoms with van der Waals surface area (Å²) in [4.78, 5) is 0. The van der Waals surface area contributed by atoms with Gasteiger partial charge in [0.25, 0.3) is 0 Å². The molecule has 0 aromatic heterocycles. The Labute approximate surface area is 58.6 Å². The Morgan fingerprint density at radius 2 is 1.67 bits per heavy atom. The van der Waals surface area contributed by atoms with Crippen LogP contribution >= 0.6 is 0 Å². The van der Waals surface area contributed by atoms with Crippen molar-refractivity contribution in [3.05, 3.63) is 0 Å². The highest BCUT2D eigenvalue weighted by molar-refractivity contribution is 4.44. The Bertz CT molecular complexity index is 35.9. The summed E-state index contributed by atoms with van der Waals surface area (Å²) in [5.41, 5.74) is 9.78. The van der Waals surface area contributed by atoms with Crippen LogP contribution in [0, 0.1) is 5.92 Å². The zero-order valence-corrected chi connectivity index (χ0v) is 6.85. The minimum Gasteiger partial charge on any atom is -0.333 e. The van der Waals surface area contributed by atoms with Crippen molar-refractivity contribution in [2.24, 2.45) is 17.4 Å². The number of nitrogens with two attached hydrogens (primary N) is 2. The molecule has 0 aliphatic heterocycles. The van der Waals surface area contributed by atoms with Gasteiger partial charge in [-0.05, 0) is 32.4 Å². The van der Waals surface area contributed by atoms with Gasteiger partial charge in [0.15, 0.2) is 0 Å². The molecule has 0 fully saturated rings. The molecule has 0 aliphatic rings. The van der Waals surface area contributed by atoms with Gasteiger partial charge in [-0.25, -0.2) is 0 Å². The molecule has 0 bridgehead atoms. The van der Waals surface area contributed by atoms with Crippen LogP contribution in [0.2, 0.25) is 0 Å². The third kappa shape index (κ3) is 18.1. The van der Waals surface area contributed by atoms with Crippen LogP contribution in [0.25, 0.3) is 0 Å². The quantitative estimate of drug-likeness (QED) is 0.601. The summed E-state index contributed by atoms with van der Waals surface area (Å²) in [6.07, 6.45) is 2.45. The Balaban J connectivity index is 0. The van der Waals surface area contributed by atoms with Gasteiger partial charge < -0.3 is 11.5 Å². The molecule has 0 amide bonds. The molecule has 58 valence electrons. The smallest absolute Gasteiger partial charge is 0.00772 e. The largest absolute Gasteiger partial charge is 0.333 e. The summed E-state index contributed by atoms with van der Waals surface area (Å²) in [7, 11) is 1.50. The van der Waals surface area contributed by atoms with Crippen LogP contribution in [0.5, 0.6) is 0 Å². The fraction of sp³-hybridized carbons (Fsp3) is 1.00. The van der Waals surface area contributed by atoms with Gasteiger partial charge in [-0.1, -0.05) is 13.8 Å². The van der Waals surface area contributed by atoms with Gasteiger partial charge in [-0.2, -0.15) is 0 Å². The van der Waals surface area contributed by atoms with Gasteiger partial charge in [0, 0.05) is 0 Å². The Morgan fingerprint density at radius 3 is 1.78 bits per heavy atom. The molecule has 0 unspecified atom stereocenters. The molecule has 2 heteroatoms. The van der Waals surface area contributed by atoms with Crippen molar-refractivity contribution in [2.75, 3.05) is 13.6 Å². The van der Waals surface area contributed by atoms with E-state index in [0.29, 0.717) is 0 Å². The van der Waals surface area contributed by atoms with Gasteiger partial charge in [0.1, 0.15) is 0 Å². The molecular formula is C7H20N2. The molecule has 4 N–H and O–H groups in total. The van der Waals surface area contributed by atoms with Crippen molar-refractivity contribution in [1.29, 1.82) is 0 Å². The van der Waals surface area contributed by atoms with Crippen LogP contribution in [0.3, 0.4) is 0 Å². The highest BCUT2D eigenvalue weighted by Gasteiger charge is 1.88. The molecule has 9 heavy (non-hydrogen) atoms. The molecule has 0 radical (unpaired) electrons. The van der Waals surface area contributed by atoms with E-state index in [1.165, 1.54) is 19.9 Å². The Morgan fingerprint density at radius 1 is 1.22 bits per heavy atom. The van der Waals surface area contributed by atoms with Crippen molar-refractivity contribution >= 4 is 0 Å². The van der Waals surface area contributed by atoms with Crippen molar-refractivity contribution in [1.82, 2.24) is 0 Å². The van der Waals surface area contributed by atoms with Crippen LogP contribution in [0.15, 0.2) is 0 Å². The van der Waals surface area contributed by atoms with Crippen LogP contribution in [-0.4, -0.2) is 13.6 Å². The average molecular weight is 132 g/mol. The molecule has 0 aromatic rings. The number of hydrogen-bond donors (Lipinski definition) is 2. The lowest BCUT2D eigenvalue weighted by Gasteiger charge is -1.98. The first-order chi connectivity index (χ1) is 4.27. The van der Waals surface area contributed by atoms with Crippen molar-refractivity contribution < 1.29 is 0 Å². The van der Waals surface area contributed by atoms with Crippen molar-refractivity contribution in [3.8, 4) is 0 Å². The molecule has 0 rings (SSSR count). The lowest BCUT2D eigenvalue weighted by atomic mass is 10.1. The van der Waals surface area contributed by atoms with E-state index in [2.05, 4.69) is 19.6 Å². The van der Waals surface area contributed by atoms with Crippen molar-refractivity contribution in [3.63, 3.8) is 0 Å². The third-order valence-electron chi connectivity index (χ3n) is 0.986. The summed E-state index contributed by atoms with van der Waals surface area (Å²) in [5.74, 6) is 0.823. The van der Waals surface area contributed by atoms with Gasteiger partial charge in [-0.3, -0.25) is 0 Å². The molecule has 0 atom stereocenters. The highest BCUT2D eigenvalue weighted by atomic mass is 14.5. The minimum absolute atomic E-state index is 0.823. The van der Waals surface area contributed by atoms with Crippen LogP contribution < -0.4 is 11.5 Å². The van der Waals surface area contributed by atoms with E-state index in [1.54, 1.807) is 0 Å². The first-order valence-electron chi connectivity index (χ1n) is 3.55. The van der Waals surface area contributed by atoms with E-state index in [4.69, 9.17) is 5.73 Å². The maximum Gasteiger partial charge on any atom is -0.00772 e. The highest BCUT2D eigenvalue weighted by Crippen LogP contribution is 2.00. The molecule has 2 nitrogen and oxygen atoms in total. The van der Waals surface area contributed by atoms with E-state index in [-0.39, 0.29) is 0 Å². The van der Waals surface area contributed by atoms with E-state index in [0.717, 1.165) is 12.5 Å². The molecule has 0 saturated carbocycles. The summed E-state index contributed by atoms with van der Waals surface area (Å²) < 4.78 is 0. The second-order valence-corrected chi connectivity index (χ2v) is 2.32. The van der Waals surface area contributed by atoms with E-state index < -0.39 is 0 Å². The fourth-order valence-electron chi connectivity index (χ4n) is 0.526. The molecule has 0 spiro atoms. The van der Waals surface area contributed by atoms with E-state index in [1.807, 2.05) is 0 Å².